The smallest absolute Gasteiger partial charge is 0.431 e. The summed E-state index contributed by atoms with van der Waals surface area (Å²) in [5.41, 5.74) is 5.70. The standard InChI is InChI=1S/C33H40N6O5/c1-5-19-39-28(20-23-15-17-24(18-16-23)26-13-9-10-14-27(26)31-34-37-38-35-31)29(30(36-39)21(2)3)32(40)42-22(4)43-33(41)44-25-11-7-6-8-12-25/h9-10,13-18,21-22,25H,5-8,11-12,19-20H2,1-4H3,(H,34,35,37,38). The molecule has 1 N–H and O–H groups in total. The summed E-state index contributed by atoms with van der Waals surface area (Å²) in [5.74, 6) is -0.0708. The van der Waals surface area contributed by atoms with Crippen molar-refractivity contribution >= 4 is 12.1 Å². The number of carbonyl (C=O) groups is 2. The maximum Gasteiger partial charge on any atom is 0.511 e. The van der Waals surface area contributed by atoms with Crippen molar-refractivity contribution in [2.45, 2.75) is 97.5 Å². The lowest BCUT2D eigenvalue weighted by Gasteiger charge is -2.22. The average Bonchev–Trinajstić information content (AvgIpc) is 3.67. The summed E-state index contributed by atoms with van der Waals surface area (Å²) < 4.78 is 18.3. The third-order valence-electron chi connectivity index (χ3n) is 7.77. The maximum absolute atomic E-state index is 13.6. The van der Waals surface area contributed by atoms with E-state index in [2.05, 4.69) is 27.5 Å². The van der Waals surface area contributed by atoms with Gasteiger partial charge in [0.1, 0.15) is 11.7 Å². The zero-order valence-corrected chi connectivity index (χ0v) is 25.8. The van der Waals surface area contributed by atoms with Crippen LogP contribution in [-0.2, 0) is 27.2 Å². The van der Waals surface area contributed by atoms with Crippen molar-refractivity contribution in [2.75, 3.05) is 0 Å². The Bertz CT molecular complexity index is 1540. The molecule has 2 aromatic heterocycles. The molecule has 232 valence electrons. The first kappa shape index (κ1) is 30.9. The molecule has 0 saturated heterocycles. The fraction of sp³-hybridized carbons (Fsp3) is 0.455. The van der Waals surface area contributed by atoms with Gasteiger partial charge in [-0.05, 0) is 59.9 Å². The molecule has 0 bridgehead atoms. The van der Waals surface area contributed by atoms with E-state index in [1.807, 2.05) is 67.1 Å². The van der Waals surface area contributed by atoms with Crippen LogP contribution in [0.5, 0.6) is 0 Å². The minimum absolute atomic E-state index is 0.0223. The molecule has 5 rings (SSSR count). The van der Waals surface area contributed by atoms with Gasteiger partial charge in [0.25, 0.3) is 0 Å². The number of H-pyrrole nitrogens is 1. The number of carbonyl (C=O) groups excluding carboxylic acids is 2. The Hall–Kier alpha value is -4.54. The number of hydrogen-bond donors (Lipinski definition) is 1. The molecular formula is C33H40N6O5. The summed E-state index contributed by atoms with van der Waals surface area (Å²) >= 11 is 0. The molecule has 1 fully saturated rings. The van der Waals surface area contributed by atoms with E-state index in [4.69, 9.17) is 19.3 Å². The molecule has 1 aliphatic carbocycles. The number of tetrazole rings is 1. The minimum Gasteiger partial charge on any atom is -0.431 e. The van der Waals surface area contributed by atoms with E-state index in [0.29, 0.717) is 30.0 Å². The van der Waals surface area contributed by atoms with Gasteiger partial charge in [-0.3, -0.25) is 4.68 Å². The number of esters is 1. The minimum atomic E-state index is -1.11. The van der Waals surface area contributed by atoms with Crippen LogP contribution < -0.4 is 0 Å². The molecular weight excluding hydrogens is 560 g/mol. The normalized spacial score (nSPS) is 14.4. The van der Waals surface area contributed by atoms with Gasteiger partial charge in [0.2, 0.25) is 12.1 Å². The molecule has 0 spiro atoms. The predicted octanol–water partition coefficient (Wildman–Crippen LogP) is 6.84. The van der Waals surface area contributed by atoms with E-state index < -0.39 is 18.4 Å². The molecule has 2 heterocycles. The SMILES string of the molecule is CCCn1nc(C(C)C)c(C(=O)OC(C)OC(=O)OC2CCCCC2)c1Cc1ccc(-c2ccccc2-c2nn[nH]n2)cc1. The zero-order chi connectivity index (χ0) is 31.1. The quantitative estimate of drug-likeness (QED) is 0.145. The Morgan fingerprint density at radius 1 is 0.977 bits per heavy atom. The number of hydrogen-bond acceptors (Lipinski definition) is 9. The van der Waals surface area contributed by atoms with Gasteiger partial charge < -0.3 is 14.2 Å². The number of aryl methyl sites for hydroxylation is 1. The van der Waals surface area contributed by atoms with E-state index >= 15 is 0 Å². The average molecular weight is 601 g/mol. The van der Waals surface area contributed by atoms with Gasteiger partial charge in [-0.25, -0.2) is 9.59 Å². The highest BCUT2D eigenvalue weighted by Gasteiger charge is 2.29. The van der Waals surface area contributed by atoms with E-state index in [1.165, 1.54) is 6.92 Å². The number of nitrogens with zero attached hydrogens (tertiary/aromatic N) is 5. The number of aromatic nitrogens is 6. The summed E-state index contributed by atoms with van der Waals surface area (Å²) in [6, 6.07) is 16.1. The Morgan fingerprint density at radius 3 is 2.36 bits per heavy atom. The third kappa shape index (κ3) is 7.32. The van der Waals surface area contributed by atoms with Crippen molar-refractivity contribution in [1.82, 2.24) is 30.4 Å². The van der Waals surface area contributed by atoms with Crippen molar-refractivity contribution in [1.29, 1.82) is 0 Å². The molecule has 44 heavy (non-hydrogen) atoms. The molecule has 2 aromatic carbocycles. The van der Waals surface area contributed by atoms with Gasteiger partial charge in [-0.2, -0.15) is 10.3 Å². The lowest BCUT2D eigenvalue weighted by Crippen LogP contribution is -2.27. The van der Waals surface area contributed by atoms with Gasteiger partial charge in [0.05, 0.1) is 11.4 Å². The molecule has 0 radical (unpaired) electrons. The van der Waals surface area contributed by atoms with Gasteiger partial charge in [0, 0.05) is 25.5 Å². The van der Waals surface area contributed by atoms with Crippen LogP contribution in [-0.4, -0.2) is 54.9 Å². The lowest BCUT2D eigenvalue weighted by atomic mass is 9.96. The van der Waals surface area contributed by atoms with Crippen molar-refractivity contribution < 1.29 is 23.8 Å². The monoisotopic (exact) mass is 600 g/mol. The summed E-state index contributed by atoms with van der Waals surface area (Å²) in [4.78, 5) is 26.0. The van der Waals surface area contributed by atoms with Gasteiger partial charge in [-0.15, -0.1) is 10.2 Å². The fourth-order valence-electron chi connectivity index (χ4n) is 5.64. The summed E-state index contributed by atoms with van der Waals surface area (Å²) in [5, 5.41) is 19.3. The predicted molar refractivity (Wildman–Crippen MR) is 164 cm³/mol. The number of rotatable bonds is 11. The summed E-state index contributed by atoms with van der Waals surface area (Å²) in [6.45, 7) is 8.24. The highest BCUT2D eigenvalue weighted by Crippen LogP contribution is 2.31. The number of aromatic amines is 1. The second-order valence-corrected chi connectivity index (χ2v) is 11.5. The molecule has 1 saturated carbocycles. The second kappa shape index (κ2) is 14.3. The number of benzene rings is 2. The Morgan fingerprint density at radius 2 is 1.70 bits per heavy atom. The summed E-state index contributed by atoms with van der Waals surface area (Å²) in [7, 11) is 0. The number of nitrogens with one attached hydrogen (secondary N) is 1. The van der Waals surface area contributed by atoms with Crippen LogP contribution in [0.2, 0.25) is 0 Å². The van der Waals surface area contributed by atoms with E-state index in [0.717, 1.165) is 66.5 Å². The van der Waals surface area contributed by atoms with Gasteiger partial charge in [-0.1, -0.05) is 75.7 Å². The van der Waals surface area contributed by atoms with E-state index in [-0.39, 0.29) is 12.0 Å². The highest BCUT2D eigenvalue weighted by molar-refractivity contribution is 5.92. The van der Waals surface area contributed by atoms with Crippen LogP contribution in [0.25, 0.3) is 22.5 Å². The van der Waals surface area contributed by atoms with Crippen molar-refractivity contribution in [2.24, 2.45) is 0 Å². The van der Waals surface area contributed by atoms with Crippen LogP contribution in [0.1, 0.15) is 99.4 Å². The van der Waals surface area contributed by atoms with Crippen LogP contribution in [0.3, 0.4) is 0 Å². The molecule has 1 atom stereocenters. The molecule has 0 amide bonds. The highest BCUT2D eigenvalue weighted by atomic mass is 16.8. The Balaban J connectivity index is 1.36. The molecule has 1 aliphatic rings. The number of ether oxygens (including phenoxy) is 3. The molecule has 4 aromatic rings. The first-order valence-electron chi connectivity index (χ1n) is 15.4. The molecule has 11 nitrogen and oxygen atoms in total. The molecule has 0 aliphatic heterocycles. The molecule has 1 unspecified atom stereocenters. The van der Waals surface area contributed by atoms with Crippen LogP contribution >= 0.6 is 0 Å². The van der Waals surface area contributed by atoms with Crippen molar-refractivity contribution in [3.05, 3.63) is 71.0 Å². The van der Waals surface area contributed by atoms with Crippen molar-refractivity contribution in [3.8, 4) is 22.5 Å². The second-order valence-electron chi connectivity index (χ2n) is 11.5. The first-order chi connectivity index (χ1) is 21.3. The maximum atomic E-state index is 13.6. The van der Waals surface area contributed by atoms with Crippen LogP contribution in [0.4, 0.5) is 4.79 Å². The summed E-state index contributed by atoms with van der Waals surface area (Å²) in [6.07, 6.45) is 4.10. The third-order valence-corrected chi connectivity index (χ3v) is 7.77. The van der Waals surface area contributed by atoms with Crippen molar-refractivity contribution in [3.63, 3.8) is 0 Å². The van der Waals surface area contributed by atoms with Gasteiger partial charge in [0.15, 0.2) is 0 Å². The first-order valence-corrected chi connectivity index (χ1v) is 15.4. The molecule has 11 heteroatoms. The van der Waals surface area contributed by atoms with E-state index in [1.54, 1.807) is 0 Å². The topological polar surface area (TPSA) is 134 Å². The van der Waals surface area contributed by atoms with Crippen LogP contribution in [0.15, 0.2) is 48.5 Å². The Kier molecular flexibility index (Phi) is 10.0. The van der Waals surface area contributed by atoms with Crippen LogP contribution in [0, 0.1) is 0 Å². The zero-order valence-electron chi connectivity index (χ0n) is 25.8. The largest absolute Gasteiger partial charge is 0.511 e. The van der Waals surface area contributed by atoms with E-state index in [9.17, 15) is 9.59 Å². The van der Waals surface area contributed by atoms with Gasteiger partial charge >= 0.3 is 12.1 Å². The lowest BCUT2D eigenvalue weighted by molar-refractivity contribution is -0.0915. The fourth-order valence-corrected chi connectivity index (χ4v) is 5.64. The Labute approximate surface area is 257 Å².